The van der Waals surface area contributed by atoms with Gasteiger partial charge in [0.1, 0.15) is 5.75 Å². The van der Waals surface area contributed by atoms with Crippen molar-refractivity contribution in [2.45, 2.75) is 44.9 Å². The summed E-state index contributed by atoms with van der Waals surface area (Å²) < 4.78 is 5.94. The van der Waals surface area contributed by atoms with E-state index in [1.54, 1.807) is 0 Å². The van der Waals surface area contributed by atoms with Crippen LogP contribution < -0.4 is 10.1 Å². The zero-order valence-corrected chi connectivity index (χ0v) is 20.7. The molecule has 34 heavy (non-hydrogen) atoms. The fourth-order valence-corrected chi connectivity index (χ4v) is 4.93. The molecule has 4 rings (SSSR count). The van der Waals surface area contributed by atoms with Gasteiger partial charge in [-0.25, -0.2) is 0 Å². The summed E-state index contributed by atoms with van der Waals surface area (Å²) in [6.45, 7) is 7.25. The molecule has 2 aromatic rings. The van der Waals surface area contributed by atoms with Crippen molar-refractivity contribution in [3.8, 4) is 16.9 Å². The molecule has 1 saturated heterocycles. The number of benzene rings is 1. The van der Waals surface area contributed by atoms with E-state index in [-0.39, 0.29) is 5.91 Å². The van der Waals surface area contributed by atoms with Crippen molar-refractivity contribution in [2.75, 3.05) is 52.9 Å². The Hall–Kier alpha value is -2.44. The number of piperazine rings is 1. The quantitative estimate of drug-likeness (QED) is 0.510. The monoisotopic (exact) mass is 464 g/mol. The van der Waals surface area contributed by atoms with Gasteiger partial charge in [0, 0.05) is 56.7 Å². The first-order valence-corrected chi connectivity index (χ1v) is 13.0. The van der Waals surface area contributed by atoms with Gasteiger partial charge in [0.05, 0.1) is 13.0 Å². The first-order chi connectivity index (χ1) is 16.7. The van der Waals surface area contributed by atoms with Crippen LogP contribution in [-0.4, -0.2) is 73.6 Å². The number of aromatic nitrogens is 1. The number of rotatable bonds is 11. The molecule has 1 N–H and O–H groups in total. The third-order valence-corrected chi connectivity index (χ3v) is 7.19. The maximum atomic E-state index is 12.2. The Morgan fingerprint density at radius 1 is 1.03 bits per heavy atom. The highest BCUT2D eigenvalue weighted by molar-refractivity contribution is 5.78. The number of amides is 1. The molecule has 0 radical (unpaired) electrons. The number of hydrogen-bond acceptors (Lipinski definition) is 5. The van der Waals surface area contributed by atoms with Crippen molar-refractivity contribution in [2.24, 2.45) is 5.92 Å². The van der Waals surface area contributed by atoms with Crippen molar-refractivity contribution in [1.82, 2.24) is 20.1 Å². The van der Waals surface area contributed by atoms with Crippen LogP contribution in [-0.2, 0) is 11.2 Å². The van der Waals surface area contributed by atoms with Gasteiger partial charge in [-0.3, -0.25) is 9.78 Å². The van der Waals surface area contributed by atoms with Crippen LogP contribution in [0.1, 0.15) is 44.2 Å². The fourth-order valence-electron chi connectivity index (χ4n) is 4.93. The van der Waals surface area contributed by atoms with Crippen LogP contribution >= 0.6 is 0 Å². The summed E-state index contributed by atoms with van der Waals surface area (Å²) in [4.78, 5) is 21.6. The van der Waals surface area contributed by atoms with Crippen molar-refractivity contribution in [3.05, 3.63) is 48.3 Å². The minimum atomic E-state index is 0.0624. The lowest BCUT2D eigenvalue weighted by atomic mass is 10.0. The fraction of sp³-hybridized carbons (Fsp3) is 0.571. The van der Waals surface area contributed by atoms with E-state index >= 15 is 0 Å². The Balaban J connectivity index is 1.15. The van der Waals surface area contributed by atoms with Crippen LogP contribution in [0.5, 0.6) is 5.75 Å². The number of carbonyl (C=O) groups excluding carboxylic acids is 1. The lowest BCUT2D eigenvalue weighted by molar-refractivity contribution is -0.120. The number of hydrogen-bond donors (Lipinski definition) is 1. The predicted octanol–water partition coefficient (Wildman–Crippen LogP) is 4.00. The Morgan fingerprint density at radius 3 is 2.47 bits per heavy atom. The Labute approximate surface area is 204 Å². The zero-order valence-electron chi connectivity index (χ0n) is 20.7. The molecule has 1 saturated carbocycles. The molecule has 2 aliphatic rings. The van der Waals surface area contributed by atoms with Gasteiger partial charge in [0.25, 0.3) is 0 Å². The van der Waals surface area contributed by atoms with Crippen molar-refractivity contribution in [1.29, 1.82) is 0 Å². The first-order valence-electron chi connectivity index (χ1n) is 13.0. The molecule has 0 unspecified atom stereocenters. The second-order valence-corrected chi connectivity index (χ2v) is 9.88. The van der Waals surface area contributed by atoms with E-state index in [9.17, 15) is 4.79 Å². The number of likely N-dealkylation sites (N-methyl/N-ethyl adjacent to an activating group) is 1. The molecule has 1 amide bonds. The molecule has 1 aromatic heterocycles. The van der Waals surface area contributed by atoms with Crippen LogP contribution in [0.2, 0.25) is 0 Å². The summed E-state index contributed by atoms with van der Waals surface area (Å²) in [6, 6.07) is 12.2. The summed E-state index contributed by atoms with van der Waals surface area (Å²) in [5.41, 5.74) is 2.96. The van der Waals surface area contributed by atoms with Gasteiger partial charge in [-0.05, 0) is 49.6 Å². The van der Waals surface area contributed by atoms with E-state index in [0.717, 1.165) is 87.2 Å². The molecule has 0 spiro atoms. The average Bonchev–Trinajstić information content (AvgIpc) is 3.37. The SMILES string of the molecule is CN1CCN(CCCOc2ccc(-c3ccc(CC(=O)NCCC4CCCC4)nc3)cc2)CC1. The molecule has 0 bridgehead atoms. The maximum Gasteiger partial charge on any atom is 0.226 e. The Morgan fingerprint density at radius 2 is 1.76 bits per heavy atom. The average molecular weight is 465 g/mol. The predicted molar refractivity (Wildman–Crippen MR) is 137 cm³/mol. The molecule has 2 heterocycles. The number of ether oxygens (including phenoxy) is 1. The topological polar surface area (TPSA) is 57.7 Å². The summed E-state index contributed by atoms with van der Waals surface area (Å²) in [5.74, 6) is 1.77. The second-order valence-electron chi connectivity index (χ2n) is 9.88. The van der Waals surface area contributed by atoms with Crippen molar-refractivity contribution >= 4 is 5.91 Å². The summed E-state index contributed by atoms with van der Waals surface area (Å²) in [7, 11) is 2.19. The molecule has 2 fully saturated rings. The molecule has 6 nitrogen and oxygen atoms in total. The minimum Gasteiger partial charge on any atom is -0.494 e. The van der Waals surface area contributed by atoms with Crippen molar-refractivity contribution in [3.63, 3.8) is 0 Å². The van der Waals surface area contributed by atoms with Crippen LogP contribution in [0, 0.1) is 5.92 Å². The van der Waals surface area contributed by atoms with Crippen LogP contribution in [0.25, 0.3) is 11.1 Å². The van der Waals surface area contributed by atoms with E-state index < -0.39 is 0 Å². The van der Waals surface area contributed by atoms with Gasteiger partial charge >= 0.3 is 0 Å². The van der Waals surface area contributed by atoms with E-state index in [0.29, 0.717) is 6.42 Å². The third-order valence-electron chi connectivity index (χ3n) is 7.19. The Kier molecular flexibility index (Phi) is 9.34. The summed E-state index contributed by atoms with van der Waals surface area (Å²) >= 11 is 0. The van der Waals surface area contributed by atoms with Crippen LogP contribution in [0.4, 0.5) is 0 Å². The van der Waals surface area contributed by atoms with E-state index in [1.807, 2.05) is 30.5 Å². The highest BCUT2D eigenvalue weighted by atomic mass is 16.5. The molecule has 184 valence electrons. The normalized spacial score (nSPS) is 17.7. The van der Waals surface area contributed by atoms with Crippen LogP contribution in [0.15, 0.2) is 42.6 Å². The number of nitrogens with one attached hydrogen (secondary N) is 1. The summed E-state index contributed by atoms with van der Waals surface area (Å²) in [5, 5.41) is 3.05. The number of pyridine rings is 1. The largest absolute Gasteiger partial charge is 0.494 e. The molecule has 0 atom stereocenters. The van der Waals surface area contributed by atoms with E-state index in [1.165, 1.54) is 25.7 Å². The lowest BCUT2D eigenvalue weighted by Gasteiger charge is -2.32. The number of carbonyl (C=O) groups is 1. The van der Waals surface area contributed by atoms with E-state index in [4.69, 9.17) is 4.74 Å². The van der Waals surface area contributed by atoms with Gasteiger partial charge in [0.2, 0.25) is 5.91 Å². The molecule has 1 aliphatic carbocycles. The summed E-state index contributed by atoms with van der Waals surface area (Å²) in [6.07, 6.45) is 9.69. The molecule has 6 heteroatoms. The van der Waals surface area contributed by atoms with Crippen molar-refractivity contribution < 1.29 is 9.53 Å². The molecular formula is C28H40N4O2. The smallest absolute Gasteiger partial charge is 0.226 e. The molecule has 1 aliphatic heterocycles. The van der Waals surface area contributed by atoms with E-state index in [2.05, 4.69) is 39.3 Å². The minimum absolute atomic E-state index is 0.0624. The Bertz CT molecular complexity index is 870. The van der Waals surface area contributed by atoms with Gasteiger partial charge < -0.3 is 19.9 Å². The molecular weight excluding hydrogens is 424 g/mol. The standard InChI is InChI=1S/C28H40N4O2/c1-31-16-18-32(19-17-31)15-4-20-34-27-11-8-24(9-12-27)25-7-10-26(30-22-25)21-28(33)29-14-13-23-5-2-3-6-23/h7-12,22-23H,2-6,13-21H2,1H3,(H,29,33). The van der Waals surface area contributed by atoms with Gasteiger partial charge in [-0.1, -0.05) is 43.9 Å². The van der Waals surface area contributed by atoms with Gasteiger partial charge in [-0.15, -0.1) is 0 Å². The zero-order chi connectivity index (χ0) is 23.6. The van der Waals surface area contributed by atoms with Crippen LogP contribution in [0.3, 0.4) is 0 Å². The van der Waals surface area contributed by atoms with Gasteiger partial charge in [-0.2, -0.15) is 0 Å². The third kappa shape index (κ3) is 7.81. The number of nitrogens with zero attached hydrogens (tertiary/aromatic N) is 3. The maximum absolute atomic E-state index is 12.2. The van der Waals surface area contributed by atoms with Gasteiger partial charge in [0.15, 0.2) is 0 Å². The highest BCUT2D eigenvalue weighted by Crippen LogP contribution is 2.27. The highest BCUT2D eigenvalue weighted by Gasteiger charge is 2.15. The first kappa shape index (κ1) is 24.7. The second kappa shape index (κ2) is 12.9. The molecule has 1 aromatic carbocycles. The lowest BCUT2D eigenvalue weighted by Crippen LogP contribution is -2.44.